The maximum atomic E-state index is 13.2. The second kappa shape index (κ2) is 39.4. The number of allylic oxidation sites excluding steroid dienone is 9. The summed E-state index contributed by atoms with van der Waals surface area (Å²) in [4.78, 5) is 13.2. The average molecular weight is 952 g/mol. The Morgan fingerprint density at radius 3 is 1.58 bits per heavy atom. The Labute approximate surface area is 403 Å². The predicted molar refractivity (Wildman–Crippen MR) is 263 cm³/mol. The van der Waals surface area contributed by atoms with Gasteiger partial charge in [-0.25, -0.2) is 0 Å². The van der Waals surface area contributed by atoms with Crippen molar-refractivity contribution in [2.45, 2.75) is 248 Å². The molecule has 0 spiro atoms. The Kier molecular flexibility index (Phi) is 35.8. The third kappa shape index (κ3) is 26.5. The zero-order chi connectivity index (χ0) is 48.9. The van der Waals surface area contributed by atoms with E-state index in [2.05, 4.69) is 67.8 Å². The van der Waals surface area contributed by atoms with Crippen molar-refractivity contribution in [2.75, 3.05) is 19.8 Å². The lowest BCUT2D eigenvalue weighted by Gasteiger charge is -2.46. The molecule has 9 N–H and O–H groups in total. The SMILES string of the molecule is CC/C=C\C/C=C\C/C=C\C/C=C\CCCCCCCCC(=O)NC(COC1OC(CO)C(OC2OC(CO)C(O)C(O)C2O)C(O)C1O)C(O)/C=C/CCCCCCCCCCCCCC. The van der Waals surface area contributed by atoms with Crippen LogP contribution in [-0.4, -0.2) is 140 Å². The van der Waals surface area contributed by atoms with Gasteiger partial charge < -0.3 is 65.1 Å². The Hall–Kier alpha value is -2.31. The second-order valence-electron chi connectivity index (χ2n) is 18.3. The van der Waals surface area contributed by atoms with Gasteiger partial charge in [0.2, 0.25) is 5.91 Å². The molecule has 2 saturated heterocycles. The number of unbranched alkanes of at least 4 members (excludes halogenated alkanes) is 18. The maximum Gasteiger partial charge on any atom is 0.220 e. The third-order valence-electron chi connectivity index (χ3n) is 12.5. The molecule has 12 atom stereocenters. The summed E-state index contributed by atoms with van der Waals surface area (Å²) < 4.78 is 22.7. The first-order valence-corrected chi connectivity index (χ1v) is 26.0. The van der Waals surface area contributed by atoms with E-state index in [1.54, 1.807) is 6.08 Å². The molecule has 14 heteroatoms. The van der Waals surface area contributed by atoms with Crippen LogP contribution >= 0.6 is 0 Å². The Morgan fingerprint density at radius 2 is 1.03 bits per heavy atom. The summed E-state index contributed by atoms with van der Waals surface area (Å²) in [5, 5.41) is 86.8. The predicted octanol–water partition coefficient (Wildman–Crippen LogP) is 7.05. The van der Waals surface area contributed by atoms with Crippen LogP contribution in [0.4, 0.5) is 0 Å². The lowest BCUT2D eigenvalue weighted by Crippen LogP contribution is -2.65. The molecule has 0 aromatic carbocycles. The van der Waals surface area contributed by atoms with Crippen molar-refractivity contribution < 1.29 is 64.6 Å². The summed E-state index contributed by atoms with van der Waals surface area (Å²) in [5.41, 5.74) is 0. The normalized spacial score (nSPS) is 27.1. The highest BCUT2D eigenvalue weighted by atomic mass is 16.7. The molecule has 2 rings (SSSR count). The molecule has 67 heavy (non-hydrogen) atoms. The maximum absolute atomic E-state index is 13.2. The van der Waals surface area contributed by atoms with Gasteiger partial charge in [0.15, 0.2) is 12.6 Å². The fourth-order valence-corrected chi connectivity index (χ4v) is 8.22. The van der Waals surface area contributed by atoms with Gasteiger partial charge in [-0.2, -0.15) is 0 Å². The zero-order valence-electron chi connectivity index (χ0n) is 41.1. The molecule has 0 bridgehead atoms. The summed E-state index contributed by atoms with van der Waals surface area (Å²) in [6, 6.07) is -0.923. The first-order chi connectivity index (χ1) is 32.6. The molecule has 0 aromatic rings. The van der Waals surface area contributed by atoms with Crippen LogP contribution in [0, 0.1) is 0 Å². The largest absolute Gasteiger partial charge is 0.394 e. The van der Waals surface area contributed by atoms with Crippen LogP contribution in [-0.2, 0) is 23.7 Å². The number of carbonyl (C=O) groups excluding carboxylic acids is 1. The van der Waals surface area contributed by atoms with Crippen LogP contribution in [0.25, 0.3) is 0 Å². The van der Waals surface area contributed by atoms with E-state index in [9.17, 15) is 45.6 Å². The minimum absolute atomic E-state index is 0.257. The van der Waals surface area contributed by atoms with Crippen molar-refractivity contribution in [1.82, 2.24) is 5.32 Å². The van der Waals surface area contributed by atoms with Crippen molar-refractivity contribution in [3.63, 3.8) is 0 Å². The quantitative estimate of drug-likeness (QED) is 0.0223. The van der Waals surface area contributed by atoms with E-state index in [1.807, 2.05) is 6.08 Å². The van der Waals surface area contributed by atoms with E-state index in [0.717, 1.165) is 83.5 Å². The van der Waals surface area contributed by atoms with E-state index < -0.39 is 86.8 Å². The third-order valence-corrected chi connectivity index (χ3v) is 12.5. The van der Waals surface area contributed by atoms with Crippen molar-refractivity contribution >= 4 is 5.91 Å². The molecule has 1 amide bonds. The molecule has 2 heterocycles. The summed E-state index contributed by atoms with van der Waals surface area (Å²) in [6.45, 7) is 2.65. The van der Waals surface area contributed by atoms with E-state index in [4.69, 9.17) is 18.9 Å². The number of aliphatic hydroxyl groups excluding tert-OH is 8. The fraction of sp³-hybridized carbons (Fsp3) is 0.792. The molecule has 0 aliphatic carbocycles. The Balaban J connectivity index is 1.84. The standard InChI is InChI=1S/C53H93NO13/c1-3-5-7-9-11-13-15-17-19-20-21-22-23-25-27-29-31-33-35-37-45(58)54-41(42(57)36-34-32-30-28-26-24-18-16-14-12-10-8-6-4-2)40-64-52-50(63)48(61)51(44(39-56)66-52)67-53-49(62)47(60)46(59)43(38-55)65-53/h5,7,11,13,17,19,21-22,34,36,41-44,46-53,55-57,59-63H,3-4,6,8-10,12,14-16,18,20,23-33,35,37-40H2,1-2H3,(H,54,58)/b7-5-,13-11-,19-17-,22-21-,36-34+. The number of hydrogen-bond acceptors (Lipinski definition) is 13. The summed E-state index contributed by atoms with van der Waals surface area (Å²) in [5.74, 6) is -0.257. The van der Waals surface area contributed by atoms with Gasteiger partial charge in [-0.3, -0.25) is 4.79 Å². The van der Waals surface area contributed by atoms with E-state index in [0.29, 0.717) is 6.42 Å². The summed E-state index contributed by atoms with van der Waals surface area (Å²) >= 11 is 0. The highest BCUT2D eigenvalue weighted by Crippen LogP contribution is 2.30. The van der Waals surface area contributed by atoms with Gasteiger partial charge >= 0.3 is 0 Å². The van der Waals surface area contributed by atoms with Crippen LogP contribution in [0.15, 0.2) is 60.8 Å². The van der Waals surface area contributed by atoms with Gasteiger partial charge in [0.1, 0.15) is 48.8 Å². The minimum atomic E-state index is -1.79. The van der Waals surface area contributed by atoms with E-state index in [-0.39, 0.29) is 18.9 Å². The lowest BCUT2D eigenvalue weighted by molar-refractivity contribution is -0.359. The summed E-state index contributed by atoms with van der Waals surface area (Å²) in [6.07, 6.45) is 31.1. The monoisotopic (exact) mass is 952 g/mol. The molecule has 0 aromatic heterocycles. The van der Waals surface area contributed by atoms with Crippen LogP contribution in [0.1, 0.15) is 174 Å². The lowest BCUT2D eigenvalue weighted by atomic mass is 9.97. The molecule has 12 unspecified atom stereocenters. The van der Waals surface area contributed by atoms with Gasteiger partial charge in [-0.1, -0.05) is 171 Å². The number of nitrogens with one attached hydrogen (secondary N) is 1. The fourth-order valence-electron chi connectivity index (χ4n) is 8.22. The molecule has 0 radical (unpaired) electrons. The highest BCUT2D eigenvalue weighted by molar-refractivity contribution is 5.76. The van der Waals surface area contributed by atoms with Gasteiger partial charge in [0.25, 0.3) is 0 Å². The number of hydrogen-bond donors (Lipinski definition) is 9. The van der Waals surface area contributed by atoms with Gasteiger partial charge in [0, 0.05) is 6.42 Å². The van der Waals surface area contributed by atoms with Gasteiger partial charge in [-0.05, 0) is 57.8 Å². The van der Waals surface area contributed by atoms with Crippen molar-refractivity contribution in [1.29, 1.82) is 0 Å². The average Bonchev–Trinajstić information content (AvgIpc) is 3.32. The molecular formula is C53H93NO13. The van der Waals surface area contributed by atoms with E-state index >= 15 is 0 Å². The topological polar surface area (TPSA) is 228 Å². The molecule has 2 aliphatic rings. The number of ether oxygens (including phenoxy) is 4. The number of aliphatic hydroxyl groups is 8. The molecule has 0 saturated carbocycles. The molecule has 2 aliphatic heterocycles. The summed E-state index contributed by atoms with van der Waals surface area (Å²) in [7, 11) is 0. The number of carbonyl (C=O) groups is 1. The van der Waals surface area contributed by atoms with Crippen LogP contribution in [0.5, 0.6) is 0 Å². The van der Waals surface area contributed by atoms with Crippen LogP contribution in [0.3, 0.4) is 0 Å². The van der Waals surface area contributed by atoms with Crippen LogP contribution < -0.4 is 5.32 Å². The van der Waals surface area contributed by atoms with Crippen molar-refractivity contribution in [2.24, 2.45) is 0 Å². The highest BCUT2D eigenvalue weighted by Gasteiger charge is 2.51. The smallest absolute Gasteiger partial charge is 0.220 e. The van der Waals surface area contributed by atoms with E-state index in [1.165, 1.54) is 64.2 Å². The Bertz CT molecular complexity index is 1360. The number of rotatable bonds is 39. The van der Waals surface area contributed by atoms with Crippen LogP contribution in [0.2, 0.25) is 0 Å². The molecule has 388 valence electrons. The Morgan fingerprint density at radius 1 is 0.552 bits per heavy atom. The first-order valence-electron chi connectivity index (χ1n) is 26.0. The molecule has 2 fully saturated rings. The van der Waals surface area contributed by atoms with Gasteiger partial charge in [-0.15, -0.1) is 0 Å². The van der Waals surface area contributed by atoms with Crippen molar-refractivity contribution in [3.8, 4) is 0 Å². The zero-order valence-corrected chi connectivity index (χ0v) is 41.1. The number of amides is 1. The minimum Gasteiger partial charge on any atom is -0.394 e. The molecular weight excluding hydrogens is 859 g/mol. The molecule has 14 nitrogen and oxygen atoms in total. The van der Waals surface area contributed by atoms with Gasteiger partial charge in [0.05, 0.1) is 32.0 Å². The second-order valence-corrected chi connectivity index (χ2v) is 18.3. The van der Waals surface area contributed by atoms with Crippen molar-refractivity contribution in [3.05, 3.63) is 60.8 Å². The first kappa shape index (κ1) is 60.8.